The van der Waals surface area contributed by atoms with E-state index in [1.807, 2.05) is 6.07 Å². The van der Waals surface area contributed by atoms with E-state index in [-0.39, 0.29) is 10.9 Å². The Bertz CT molecular complexity index is 714. The first-order valence-electron chi connectivity index (χ1n) is 6.33. The van der Waals surface area contributed by atoms with Gasteiger partial charge in [0.25, 0.3) is 0 Å². The Morgan fingerprint density at radius 3 is 2.76 bits per heavy atom. The lowest BCUT2D eigenvalue weighted by Gasteiger charge is -2.11. The first-order valence-corrected chi connectivity index (χ1v) is 9.01. The van der Waals surface area contributed by atoms with E-state index >= 15 is 0 Å². The quantitative estimate of drug-likeness (QED) is 0.844. The predicted molar refractivity (Wildman–Crippen MR) is 86.4 cm³/mol. The van der Waals surface area contributed by atoms with Crippen molar-refractivity contribution in [3.8, 4) is 0 Å². The summed E-state index contributed by atoms with van der Waals surface area (Å²) in [6, 6.07) is 6.55. The van der Waals surface area contributed by atoms with Crippen molar-refractivity contribution < 1.29 is 8.42 Å². The molecule has 1 heterocycles. The summed E-state index contributed by atoms with van der Waals surface area (Å²) in [4.78, 5) is 5.18. The Morgan fingerprint density at radius 2 is 2.14 bits per heavy atom. The lowest BCUT2D eigenvalue weighted by Crippen LogP contribution is -2.30. The van der Waals surface area contributed by atoms with E-state index in [2.05, 4.69) is 15.0 Å². The summed E-state index contributed by atoms with van der Waals surface area (Å²) in [6.45, 7) is 4.12. The van der Waals surface area contributed by atoms with E-state index < -0.39 is 10.0 Å². The third-order valence-corrected chi connectivity index (χ3v) is 5.30. The number of anilines is 1. The largest absolute Gasteiger partial charge is 0.380 e. The summed E-state index contributed by atoms with van der Waals surface area (Å²) in [5.41, 5.74) is 0.728. The molecule has 0 fully saturated rings. The molecule has 0 saturated heterocycles. The maximum Gasteiger partial charge on any atom is 0.240 e. The number of nitrogens with one attached hydrogen (secondary N) is 2. The minimum atomic E-state index is -3.48. The maximum absolute atomic E-state index is 12.1. The number of halogens is 1. The van der Waals surface area contributed by atoms with Gasteiger partial charge in [0.05, 0.1) is 11.4 Å². The molecule has 5 nitrogen and oxygen atoms in total. The topological polar surface area (TPSA) is 71.1 Å². The van der Waals surface area contributed by atoms with Crippen molar-refractivity contribution in [2.45, 2.75) is 31.3 Å². The fourth-order valence-corrected chi connectivity index (χ4v) is 3.92. The first kappa shape index (κ1) is 16.2. The normalized spacial score (nSPS) is 11.8. The number of thiazole rings is 1. The van der Waals surface area contributed by atoms with E-state index in [1.54, 1.807) is 38.2 Å². The van der Waals surface area contributed by atoms with Crippen molar-refractivity contribution in [1.82, 2.24) is 9.71 Å². The molecule has 0 atom stereocenters. The smallest absolute Gasteiger partial charge is 0.240 e. The van der Waals surface area contributed by atoms with Crippen LogP contribution in [0.25, 0.3) is 0 Å². The number of hydrogen-bond acceptors (Lipinski definition) is 5. The van der Waals surface area contributed by atoms with Crippen LogP contribution >= 0.6 is 22.9 Å². The third kappa shape index (κ3) is 4.67. The van der Waals surface area contributed by atoms with Gasteiger partial charge in [-0.3, -0.25) is 0 Å². The van der Waals surface area contributed by atoms with Gasteiger partial charge in [0.2, 0.25) is 10.0 Å². The van der Waals surface area contributed by atoms with E-state index in [0.717, 1.165) is 10.6 Å². The molecule has 114 valence electrons. The van der Waals surface area contributed by atoms with Gasteiger partial charge < -0.3 is 5.32 Å². The summed E-state index contributed by atoms with van der Waals surface area (Å²) in [5.74, 6) is 0. The third-order valence-electron chi connectivity index (χ3n) is 2.53. The van der Waals surface area contributed by atoms with Crippen LogP contribution in [0.15, 0.2) is 35.4 Å². The molecule has 21 heavy (non-hydrogen) atoms. The van der Waals surface area contributed by atoms with Crippen LogP contribution in [0.1, 0.15) is 18.7 Å². The van der Waals surface area contributed by atoms with Crippen LogP contribution in [0.2, 0.25) is 4.47 Å². The molecule has 0 radical (unpaired) electrons. The van der Waals surface area contributed by atoms with Crippen LogP contribution in [0, 0.1) is 0 Å². The van der Waals surface area contributed by atoms with Gasteiger partial charge in [-0.2, -0.15) is 0 Å². The molecule has 0 aliphatic rings. The Kier molecular flexibility index (Phi) is 5.21. The Balaban J connectivity index is 2.10. The molecular formula is C13H16ClN3O2S2. The molecular weight excluding hydrogens is 330 g/mol. The molecule has 2 aromatic rings. The van der Waals surface area contributed by atoms with E-state index in [9.17, 15) is 8.42 Å². The molecule has 0 aliphatic carbocycles. The van der Waals surface area contributed by atoms with Crippen LogP contribution in [0.5, 0.6) is 0 Å². The van der Waals surface area contributed by atoms with E-state index in [1.165, 1.54) is 11.3 Å². The summed E-state index contributed by atoms with van der Waals surface area (Å²) < 4.78 is 27.3. The number of aromatic nitrogens is 1. The highest BCUT2D eigenvalue weighted by Gasteiger charge is 2.15. The molecule has 0 aliphatic heterocycles. The fourth-order valence-electron chi connectivity index (χ4n) is 1.71. The Labute approximate surface area is 133 Å². The average molecular weight is 346 g/mol. The van der Waals surface area contributed by atoms with Gasteiger partial charge in [-0.25, -0.2) is 18.1 Å². The lowest BCUT2D eigenvalue weighted by molar-refractivity contribution is 0.570. The molecule has 2 N–H and O–H groups in total. The summed E-state index contributed by atoms with van der Waals surface area (Å²) in [5, 5.41) is 3.16. The molecule has 0 bridgehead atoms. The van der Waals surface area contributed by atoms with Crippen molar-refractivity contribution in [2.24, 2.45) is 0 Å². The average Bonchev–Trinajstić information content (AvgIpc) is 2.81. The second kappa shape index (κ2) is 6.74. The zero-order valence-electron chi connectivity index (χ0n) is 11.6. The standard InChI is InChI=1S/C13H16ClN3O2S2/c1-9(2)17-21(18,19)12-5-3-4-10(6-12)15-7-11-8-16-13(14)20-11/h3-6,8-9,15,17H,7H2,1-2H3. The van der Waals surface area contributed by atoms with E-state index in [4.69, 9.17) is 11.6 Å². The van der Waals surface area contributed by atoms with Crippen molar-refractivity contribution in [1.29, 1.82) is 0 Å². The van der Waals surface area contributed by atoms with Crippen LogP contribution < -0.4 is 10.0 Å². The van der Waals surface area contributed by atoms with Crippen LogP contribution in [0.3, 0.4) is 0 Å². The summed E-state index contributed by atoms with van der Waals surface area (Å²) in [6.07, 6.45) is 1.70. The highest BCUT2D eigenvalue weighted by molar-refractivity contribution is 7.89. The fraction of sp³-hybridized carbons (Fsp3) is 0.308. The number of hydrogen-bond donors (Lipinski definition) is 2. The van der Waals surface area contributed by atoms with E-state index in [0.29, 0.717) is 11.0 Å². The molecule has 8 heteroatoms. The van der Waals surface area contributed by atoms with Gasteiger partial charge in [-0.05, 0) is 32.0 Å². The number of rotatable bonds is 6. The second-order valence-electron chi connectivity index (χ2n) is 4.74. The van der Waals surface area contributed by atoms with Gasteiger partial charge in [0.15, 0.2) is 4.47 Å². The molecule has 1 aromatic heterocycles. The molecule has 0 unspecified atom stereocenters. The number of nitrogens with zero attached hydrogens (tertiary/aromatic N) is 1. The monoisotopic (exact) mass is 345 g/mol. The van der Waals surface area contributed by atoms with Crippen LogP contribution in [0.4, 0.5) is 5.69 Å². The Morgan fingerprint density at radius 1 is 1.38 bits per heavy atom. The predicted octanol–water partition coefficient (Wildman–Crippen LogP) is 3.10. The number of benzene rings is 1. The molecule has 1 aromatic carbocycles. The van der Waals surface area contributed by atoms with Crippen molar-refractivity contribution in [3.63, 3.8) is 0 Å². The Hall–Kier alpha value is -1.15. The van der Waals surface area contributed by atoms with Gasteiger partial charge in [-0.1, -0.05) is 17.7 Å². The molecule has 0 spiro atoms. The van der Waals surface area contributed by atoms with Gasteiger partial charge in [0, 0.05) is 22.8 Å². The van der Waals surface area contributed by atoms with Gasteiger partial charge in [-0.15, -0.1) is 11.3 Å². The molecule has 0 saturated carbocycles. The zero-order valence-corrected chi connectivity index (χ0v) is 14.0. The van der Waals surface area contributed by atoms with Crippen molar-refractivity contribution in [3.05, 3.63) is 39.8 Å². The molecule has 2 rings (SSSR count). The second-order valence-corrected chi connectivity index (χ2v) is 8.15. The zero-order chi connectivity index (χ0) is 15.5. The van der Waals surface area contributed by atoms with Crippen LogP contribution in [-0.2, 0) is 16.6 Å². The van der Waals surface area contributed by atoms with Crippen molar-refractivity contribution >= 4 is 38.6 Å². The molecule has 0 amide bonds. The number of sulfonamides is 1. The minimum Gasteiger partial charge on any atom is -0.380 e. The van der Waals surface area contributed by atoms with Crippen LogP contribution in [-0.4, -0.2) is 19.4 Å². The maximum atomic E-state index is 12.1. The van der Waals surface area contributed by atoms with Gasteiger partial charge in [0.1, 0.15) is 0 Å². The first-order chi connectivity index (χ1) is 9.87. The van der Waals surface area contributed by atoms with Gasteiger partial charge >= 0.3 is 0 Å². The minimum absolute atomic E-state index is 0.147. The highest BCUT2D eigenvalue weighted by atomic mass is 35.5. The lowest BCUT2D eigenvalue weighted by atomic mass is 10.3. The summed E-state index contributed by atoms with van der Waals surface area (Å²) in [7, 11) is -3.48. The van der Waals surface area contributed by atoms with Crippen molar-refractivity contribution in [2.75, 3.05) is 5.32 Å². The highest BCUT2D eigenvalue weighted by Crippen LogP contribution is 2.20. The SMILES string of the molecule is CC(C)NS(=O)(=O)c1cccc(NCc2cnc(Cl)s2)c1. The summed E-state index contributed by atoms with van der Waals surface area (Å²) >= 11 is 7.15.